The van der Waals surface area contributed by atoms with Gasteiger partial charge in [-0.15, -0.1) is 10.2 Å². The number of nitrogens with zero attached hydrogens (tertiary/aromatic N) is 7. The summed E-state index contributed by atoms with van der Waals surface area (Å²) in [4.78, 5) is 32.0. The molecule has 0 spiro atoms. The largest absolute Gasteiger partial charge is 0.505 e. The molecule has 32 heavy (non-hydrogen) atoms. The summed E-state index contributed by atoms with van der Waals surface area (Å²) in [6.07, 6.45) is 4.33. The second kappa shape index (κ2) is 8.16. The molecule has 156 valence electrons. The number of hydrogen-bond donors (Lipinski definition) is 1. The van der Waals surface area contributed by atoms with Crippen LogP contribution in [0.5, 0.6) is 5.75 Å². The van der Waals surface area contributed by atoms with Gasteiger partial charge in [0, 0.05) is 23.3 Å². The summed E-state index contributed by atoms with van der Waals surface area (Å²) in [6, 6.07) is 9.94. The lowest BCUT2D eigenvalue weighted by atomic mass is 9.99. The molecule has 0 amide bonds. The minimum atomic E-state index is -0.380. The van der Waals surface area contributed by atoms with Crippen LogP contribution in [0, 0.1) is 11.3 Å². The number of azo groups is 1. The van der Waals surface area contributed by atoms with Crippen LogP contribution in [0.2, 0.25) is 0 Å². The van der Waals surface area contributed by atoms with Gasteiger partial charge in [0.25, 0.3) is 5.95 Å². The Bertz CT molecular complexity index is 1450. The fourth-order valence-corrected chi connectivity index (χ4v) is 3.13. The predicted octanol–water partition coefficient (Wildman–Crippen LogP) is 4.21. The number of rotatable bonds is 5. The van der Waals surface area contributed by atoms with Crippen molar-refractivity contribution in [2.24, 2.45) is 10.2 Å². The Hall–Kier alpha value is -4.78. The zero-order chi connectivity index (χ0) is 22.8. The number of aromatic nitrogens is 4. The fourth-order valence-electron chi connectivity index (χ4n) is 3.13. The maximum atomic E-state index is 12.1. The van der Waals surface area contributed by atoms with Crippen molar-refractivity contribution < 1.29 is 14.7 Å². The third-order valence-corrected chi connectivity index (χ3v) is 4.72. The molecule has 0 fully saturated rings. The van der Waals surface area contributed by atoms with Crippen molar-refractivity contribution in [3.63, 3.8) is 0 Å². The zero-order valence-electron chi connectivity index (χ0n) is 17.0. The summed E-state index contributed by atoms with van der Waals surface area (Å²) in [5.74, 6) is -0.641. The molecule has 0 saturated carbocycles. The molecule has 4 aromatic rings. The third-order valence-electron chi connectivity index (χ3n) is 4.72. The lowest BCUT2D eigenvalue weighted by molar-refractivity contribution is 0.100. The number of carbonyl (C=O) groups is 2. The van der Waals surface area contributed by atoms with Crippen LogP contribution in [0.15, 0.2) is 59.2 Å². The second-order valence-corrected chi connectivity index (χ2v) is 6.82. The highest BCUT2D eigenvalue weighted by Gasteiger charge is 2.18. The van der Waals surface area contributed by atoms with Crippen LogP contribution < -0.4 is 0 Å². The first-order valence-electron chi connectivity index (χ1n) is 9.39. The number of aromatic hydroxyl groups is 1. The summed E-state index contributed by atoms with van der Waals surface area (Å²) >= 11 is 0. The standard InChI is InChI=1S/C22H15N7O3/c1-12(30)14-4-5-17-15(8-14)9-18(13(2)31)20(32)19(17)27-28-21-16(10-23)11-26-29(21)22-24-6-3-7-25-22/h3-9,11,32H,1-2H3. The van der Waals surface area contributed by atoms with Gasteiger partial charge < -0.3 is 5.11 Å². The van der Waals surface area contributed by atoms with Gasteiger partial charge in [-0.3, -0.25) is 9.59 Å². The average molecular weight is 425 g/mol. The van der Waals surface area contributed by atoms with Gasteiger partial charge in [-0.2, -0.15) is 15.0 Å². The summed E-state index contributed by atoms with van der Waals surface area (Å²) in [5, 5.41) is 33.6. The van der Waals surface area contributed by atoms with Crippen LogP contribution in [0.3, 0.4) is 0 Å². The average Bonchev–Trinajstić information content (AvgIpc) is 3.21. The maximum Gasteiger partial charge on any atom is 0.252 e. The van der Waals surface area contributed by atoms with Crippen molar-refractivity contribution in [3.05, 3.63) is 65.6 Å². The first kappa shape index (κ1) is 20.5. The van der Waals surface area contributed by atoms with E-state index in [0.717, 1.165) is 0 Å². The first-order valence-corrected chi connectivity index (χ1v) is 9.39. The van der Waals surface area contributed by atoms with E-state index < -0.39 is 0 Å². The van der Waals surface area contributed by atoms with Crippen LogP contribution in [0.25, 0.3) is 16.7 Å². The maximum absolute atomic E-state index is 12.1. The number of fused-ring (bicyclic) bond motifs is 1. The summed E-state index contributed by atoms with van der Waals surface area (Å²) in [7, 11) is 0. The van der Waals surface area contributed by atoms with Gasteiger partial charge in [0.2, 0.25) is 0 Å². The summed E-state index contributed by atoms with van der Waals surface area (Å²) < 4.78 is 1.24. The molecule has 0 saturated heterocycles. The number of Topliss-reactive ketones (excluding diaryl/α,β-unsaturated/α-hetero) is 2. The Morgan fingerprint density at radius 3 is 2.50 bits per heavy atom. The lowest BCUT2D eigenvalue weighted by Crippen LogP contribution is -2.01. The van der Waals surface area contributed by atoms with Gasteiger partial charge in [-0.05, 0) is 37.4 Å². The molecule has 0 atom stereocenters. The number of nitriles is 1. The molecule has 0 aliphatic heterocycles. The monoisotopic (exact) mass is 425 g/mol. The Morgan fingerprint density at radius 2 is 1.84 bits per heavy atom. The fraction of sp³-hybridized carbons (Fsp3) is 0.0909. The van der Waals surface area contributed by atoms with E-state index in [4.69, 9.17) is 0 Å². The van der Waals surface area contributed by atoms with E-state index >= 15 is 0 Å². The van der Waals surface area contributed by atoms with Crippen molar-refractivity contribution in [3.8, 4) is 17.8 Å². The molecule has 0 aliphatic carbocycles. The summed E-state index contributed by atoms with van der Waals surface area (Å²) in [6.45, 7) is 2.75. The molecule has 2 aromatic heterocycles. The first-order chi connectivity index (χ1) is 15.4. The van der Waals surface area contributed by atoms with Crippen LogP contribution in [-0.2, 0) is 0 Å². The van der Waals surface area contributed by atoms with Gasteiger partial charge in [-0.25, -0.2) is 9.97 Å². The van der Waals surface area contributed by atoms with E-state index in [2.05, 4.69) is 25.3 Å². The van der Waals surface area contributed by atoms with Crippen LogP contribution in [0.1, 0.15) is 40.1 Å². The molecule has 2 aromatic carbocycles. The highest BCUT2D eigenvalue weighted by atomic mass is 16.3. The quantitative estimate of drug-likeness (QED) is 0.372. The van der Waals surface area contributed by atoms with E-state index in [1.807, 2.05) is 6.07 Å². The van der Waals surface area contributed by atoms with Crippen molar-refractivity contribution in [1.29, 1.82) is 5.26 Å². The Balaban J connectivity index is 1.93. The molecule has 2 heterocycles. The molecule has 10 nitrogen and oxygen atoms in total. The zero-order valence-corrected chi connectivity index (χ0v) is 17.0. The number of phenolic OH excluding ortho intramolecular Hbond substituents is 1. The van der Waals surface area contributed by atoms with E-state index in [0.29, 0.717) is 16.3 Å². The Morgan fingerprint density at radius 1 is 1.09 bits per heavy atom. The number of carbonyl (C=O) groups excluding carboxylic acids is 2. The van der Waals surface area contributed by atoms with E-state index in [9.17, 15) is 20.0 Å². The summed E-state index contributed by atoms with van der Waals surface area (Å²) in [5.41, 5.74) is 0.624. The highest BCUT2D eigenvalue weighted by molar-refractivity contribution is 6.08. The molecule has 1 N–H and O–H groups in total. The lowest BCUT2D eigenvalue weighted by Gasteiger charge is -2.09. The Labute approximate surface area is 181 Å². The smallest absolute Gasteiger partial charge is 0.252 e. The molecular formula is C22H15N7O3. The molecule has 0 bridgehead atoms. The molecule has 0 aliphatic rings. The van der Waals surface area contributed by atoms with Crippen molar-refractivity contribution in [2.75, 3.05) is 0 Å². The third kappa shape index (κ3) is 3.59. The van der Waals surface area contributed by atoms with Gasteiger partial charge in [0.15, 0.2) is 23.1 Å². The number of ketones is 2. The minimum Gasteiger partial charge on any atom is -0.505 e. The predicted molar refractivity (Wildman–Crippen MR) is 114 cm³/mol. The van der Waals surface area contributed by atoms with Crippen LogP contribution in [0.4, 0.5) is 11.5 Å². The molecule has 4 rings (SSSR count). The van der Waals surface area contributed by atoms with Crippen molar-refractivity contribution in [2.45, 2.75) is 13.8 Å². The SMILES string of the molecule is CC(=O)c1ccc2c(N=Nc3c(C#N)cnn3-c3ncccn3)c(O)c(C(C)=O)cc2c1. The van der Waals surface area contributed by atoms with Crippen molar-refractivity contribution in [1.82, 2.24) is 19.7 Å². The molecule has 0 unspecified atom stereocenters. The topological polar surface area (TPSA) is 146 Å². The molecular weight excluding hydrogens is 410 g/mol. The van der Waals surface area contributed by atoms with E-state index in [-0.39, 0.29) is 45.9 Å². The van der Waals surface area contributed by atoms with E-state index in [1.54, 1.807) is 24.3 Å². The van der Waals surface area contributed by atoms with Crippen molar-refractivity contribution >= 4 is 33.8 Å². The van der Waals surface area contributed by atoms with Gasteiger partial charge in [-0.1, -0.05) is 12.1 Å². The number of benzene rings is 2. The van der Waals surface area contributed by atoms with Gasteiger partial charge in [0.1, 0.15) is 17.3 Å². The second-order valence-electron chi connectivity index (χ2n) is 6.82. The van der Waals surface area contributed by atoms with Gasteiger partial charge >= 0.3 is 0 Å². The number of phenols is 1. The molecule has 10 heteroatoms. The number of hydrogen-bond acceptors (Lipinski definition) is 9. The van der Waals surface area contributed by atoms with Gasteiger partial charge in [0.05, 0.1) is 11.8 Å². The Kier molecular flexibility index (Phi) is 5.22. The van der Waals surface area contributed by atoms with E-state index in [1.165, 1.54) is 43.2 Å². The minimum absolute atomic E-state index is 0.0217. The highest BCUT2D eigenvalue weighted by Crippen LogP contribution is 2.40. The van der Waals surface area contributed by atoms with Crippen LogP contribution >= 0.6 is 0 Å². The normalized spacial score (nSPS) is 11.0. The molecule has 0 radical (unpaired) electrons. The van der Waals surface area contributed by atoms with Crippen LogP contribution in [-0.4, -0.2) is 36.4 Å².